The molecule has 7 heteroatoms. The quantitative estimate of drug-likeness (QED) is 0.537. The van der Waals surface area contributed by atoms with Crippen molar-refractivity contribution in [3.05, 3.63) is 54.3 Å². The van der Waals surface area contributed by atoms with Crippen molar-refractivity contribution >= 4 is 22.7 Å². The molecule has 0 unspecified atom stereocenters. The average molecular weight is 376 g/mol. The molecule has 0 saturated carbocycles. The summed E-state index contributed by atoms with van der Waals surface area (Å²) < 4.78 is 12.9. The highest BCUT2D eigenvalue weighted by Crippen LogP contribution is 2.26. The second-order valence-electron chi connectivity index (χ2n) is 7.13. The van der Waals surface area contributed by atoms with Crippen LogP contribution in [0.2, 0.25) is 0 Å². The molecule has 1 saturated heterocycles. The zero-order valence-corrected chi connectivity index (χ0v) is 15.8. The molecular weight excluding hydrogens is 356 g/mol. The van der Waals surface area contributed by atoms with Crippen LogP contribution in [0.5, 0.6) is 0 Å². The van der Waals surface area contributed by atoms with E-state index < -0.39 is 0 Å². The predicted molar refractivity (Wildman–Crippen MR) is 104 cm³/mol. The van der Waals surface area contributed by atoms with E-state index in [1.165, 1.54) is 0 Å². The Morgan fingerprint density at radius 3 is 2.93 bits per heavy atom. The molecule has 28 heavy (non-hydrogen) atoms. The van der Waals surface area contributed by atoms with Gasteiger partial charge in [0.1, 0.15) is 16.9 Å². The van der Waals surface area contributed by atoms with Crippen LogP contribution in [0.1, 0.15) is 23.3 Å². The molecule has 0 radical (unpaired) electrons. The van der Waals surface area contributed by atoms with Crippen molar-refractivity contribution in [1.29, 1.82) is 0 Å². The Morgan fingerprint density at radius 1 is 1.21 bits per heavy atom. The first kappa shape index (κ1) is 16.9. The summed E-state index contributed by atoms with van der Waals surface area (Å²) in [6.45, 7) is 5.55. The number of amides is 1. The van der Waals surface area contributed by atoms with Crippen LogP contribution in [-0.4, -0.2) is 51.0 Å². The first-order valence-corrected chi connectivity index (χ1v) is 9.33. The van der Waals surface area contributed by atoms with E-state index in [1.54, 1.807) is 6.20 Å². The van der Waals surface area contributed by atoms with Crippen molar-refractivity contribution < 1.29 is 13.9 Å². The van der Waals surface area contributed by atoms with Crippen LogP contribution >= 0.6 is 0 Å². The summed E-state index contributed by atoms with van der Waals surface area (Å²) >= 11 is 0. The number of ether oxygens (including phenoxy) is 1. The zero-order valence-electron chi connectivity index (χ0n) is 15.8. The lowest BCUT2D eigenvalue weighted by atomic mass is 10.1. The molecule has 4 heterocycles. The van der Waals surface area contributed by atoms with Crippen LogP contribution in [0, 0.1) is 6.92 Å². The van der Waals surface area contributed by atoms with Crippen molar-refractivity contribution in [3.63, 3.8) is 0 Å². The van der Waals surface area contributed by atoms with Crippen molar-refractivity contribution in [3.8, 4) is 11.1 Å². The molecule has 3 aromatic heterocycles. The van der Waals surface area contributed by atoms with Gasteiger partial charge in [0.2, 0.25) is 0 Å². The number of fused-ring (bicyclic) bond motifs is 2. The minimum absolute atomic E-state index is 0.0250. The standard InChI is InChI=1S/C21H20N4O3/c1-13-12-27-8-7-24(13)21(26)18-10-22-20-6-4-16(11-25(18)20)15-3-5-19-17(9-15)23-14(2)28-19/h3-6,9-11,13H,7-8,12H2,1-2H3/t13-/m1/s1. The van der Waals surface area contributed by atoms with Crippen molar-refractivity contribution in [2.24, 2.45) is 0 Å². The molecule has 1 aromatic carbocycles. The summed E-state index contributed by atoms with van der Waals surface area (Å²) in [5, 5.41) is 0. The maximum atomic E-state index is 13.1. The Labute approximate surface area is 161 Å². The lowest BCUT2D eigenvalue weighted by Crippen LogP contribution is -2.47. The van der Waals surface area contributed by atoms with Gasteiger partial charge in [-0.15, -0.1) is 0 Å². The highest BCUT2D eigenvalue weighted by molar-refractivity contribution is 5.94. The molecule has 0 bridgehead atoms. The van der Waals surface area contributed by atoms with Gasteiger partial charge in [0, 0.05) is 19.7 Å². The first-order chi connectivity index (χ1) is 13.6. The maximum Gasteiger partial charge on any atom is 0.272 e. The van der Waals surface area contributed by atoms with Gasteiger partial charge in [0.25, 0.3) is 5.91 Å². The molecule has 7 nitrogen and oxygen atoms in total. The van der Waals surface area contributed by atoms with E-state index in [1.807, 2.05) is 59.7 Å². The minimum atomic E-state index is -0.0250. The number of benzene rings is 1. The van der Waals surface area contributed by atoms with Crippen LogP contribution in [0.4, 0.5) is 0 Å². The smallest absolute Gasteiger partial charge is 0.272 e. The van der Waals surface area contributed by atoms with Gasteiger partial charge in [-0.05, 0) is 42.3 Å². The molecular formula is C21H20N4O3. The fraction of sp³-hybridized carbons (Fsp3) is 0.286. The molecule has 0 N–H and O–H groups in total. The Hall–Kier alpha value is -3.19. The fourth-order valence-electron chi connectivity index (χ4n) is 3.71. The Morgan fingerprint density at radius 2 is 2.07 bits per heavy atom. The van der Waals surface area contributed by atoms with Gasteiger partial charge in [-0.2, -0.15) is 0 Å². The number of morpholine rings is 1. The highest BCUT2D eigenvalue weighted by atomic mass is 16.5. The number of aryl methyl sites for hydroxylation is 1. The SMILES string of the molecule is Cc1nc2cc(-c3ccc4ncc(C(=O)N5CCOC[C@H]5C)n4c3)ccc2o1. The second kappa shape index (κ2) is 6.45. The third-order valence-electron chi connectivity index (χ3n) is 5.18. The highest BCUT2D eigenvalue weighted by Gasteiger charge is 2.27. The van der Waals surface area contributed by atoms with Crippen LogP contribution in [-0.2, 0) is 4.74 Å². The number of nitrogens with zero attached hydrogens (tertiary/aromatic N) is 4. The number of hydrogen-bond donors (Lipinski definition) is 0. The largest absolute Gasteiger partial charge is 0.441 e. The lowest BCUT2D eigenvalue weighted by Gasteiger charge is -2.33. The van der Waals surface area contributed by atoms with E-state index in [0.29, 0.717) is 31.3 Å². The molecule has 1 aliphatic heterocycles. The molecule has 0 aliphatic carbocycles. The molecule has 1 fully saturated rings. The van der Waals surface area contributed by atoms with Gasteiger partial charge in [-0.3, -0.25) is 9.20 Å². The van der Waals surface area contributed by atoms with E-state index in [2.05, 4.69) is 9.97 Å². The lowest BCUT2D eigenvalue weighted by molar-refractivity contribution is 0.00321. The Kier molecular flexibility index (Phi) is 3.91. The number of carbonyl (C=O) groups excluding carboxylic acids is 1. The second-order valence-corrected chi connectivity index (χ2v) is 7.13. The molecule has 142 valence electrons. The number of oxazole rings is 1. The van der Waals surface area contributed by atoms with Crippen molar-refractivity contribution in [1.82, 2.24) is 19.3 Å². The van der Waals surface area contributed by atoms with E-state index in [4.69, 9.17) is 9.15 Å². The van der Waals surface area contributed by atoms with E-state index in [0.717, 1.165) is 27.9 Å². The summed E-state index contributed by atoms with van der Waals surface area (Å²) in [4.78, 5) is 23.8. The molecule has 5 rings (SSSR count). The van der Waals surface area contributed by atoms with Gasteiger partial charge in [-0.1, -0.05) is 6.07 Å². The molecule has 0 spiro atoms. The van der Waals surface area contributed by atoms with E-state index >= 15 is 0 Å². The number of imidazole rings is 1. The molecule has 1 amide bonds. The summed E-state index contributed by atoms with van der Waals surface area (Å²) in [5.74, 6) is 0.618. The number of hydrogen-bond acceptors (Lipinski definition) is 5. The van der Waals surface area contributed by atoms with Crippen molar-refractivity contribution in [2.45, 2.75) is 19.9 Å². The summed E-state index contributed by atoms with van der Waals surface area (Å²) in [6.07, 6.45) is 3.60. The third-order valence-corrected chi connectivity index (χ3v) is 5.18. The van der Waals surface area contributed by atoms with Gasteiger partial charge in [0.15, 0.2) is 11.5 Å². The maximum absolute atomic E-state index is 13.1. The minimum Gasteiger partial charge on any atom is -0.441 e. The number of carbonyl (C=O) groups is 1. The molecule has 4 aromatic rings. The number of pyridine rings is 1. The number of aromatic nitrogens is 3. The predicted octanol–water partition coefficient (Wildman–Crippen LogP) is 3.31. The summed E-state index contributed by atoms with van der Waals surface area (Å²) in [5.41, 5.74) is 4.88. The zero-order chi connectivity index (χ0) is 19.3. The van der Waals surface area contributed by atoms with E-state index in [-0.39, 0.29) is 11.9 Å². The monoisotopic (exact) mass is 376 g/mol. The summed E-state index contributed by atoms with van der Waals surface area (Å²) in [7, 11) is 0. The van der Waals surface area contributed by atoms with Gasteiger partial charge < -0.3 is 14.1 Å². The first-order valence-electron chi connectivity index (χ1n) is 9.33. The number of rotatable bonds is 2. The third kappa shape index (κ3) is 2.75. The molecule has 1 aliphatic rings. The van der Waals surface area contributed by atoms with Gasteiger partial charge >= 0.3 is 0 Å². The van der Waals surface area contributed by atoms with Crippen LogP contribution in [0.25, 0.3) is 27.9 Å². The fourth-order valence-corrected chi connectivity index (χ4v) is 3.71. The average Bonchev–Trinajstić information content (AvgIpc) is 3.29. The van der Waals surface area contributed by atoms with Crippen LogP contribution < -0.4 is 0 Å². The van der Waals surface area contributed by atoms with Crippen molar-refractivity contribution in [2.75, 3.05) is 19.8 Å². The topological polar surface area (TPSA) is 72.9 Å². The van der Waals surface area contributed by atoms with Crippen LogP contribution in [0.15, 0.2) is 47.1 Å². The van der Waals surface area contributed by atoms with Gasteiger partial charge in [-0.25, -0.2) is 9.97 Å². The Balaban J connectivity index is 1.56. The van der Waals surface area contributed by atoms with Crippen LogP contribution in [0.3, 0.4) is 0 Å². The Bertz CT molecular complexity index is 1190. The molecule has 1 atom stereocenters. The normalized spacial score (nSPS) is 17.5. The van der Waals surface area contributed by atoms with Gasteiger partial charge in [0.05, 0.1) is 25.5 Å². The van der Waals surface area contributed by atoms with E-state index in [9.17, 15) is 4.79 Å². The summed E-state index contributed by atoms with van der Waals surface area (Å²) in [6, 6.07) is 9.89.